The van der Waals surface area contributed by atoms with Crippen LogP contribution in [-0.2, 0) is 18.4 Å². The maximum absolute atomic E-state index is 6.11. The van der Waals surface area contributed by atoms with Gasteiger partial charge in [0.2, 0.25) is 0 Å². The van der Waals surface area contributed by atoms with Gasteiger partial charge in [0.25, 0.3) is 0 Å². The molecule has 0 saturated carbocycles. The van der Waals surface area contributed by atoms with Crippen molar-refractivity contribution in [1.29, 1.82) is 0 Å². The summed E-state index contributed by atoms with van der Waals surface area (Å²) in [7, 11) is 4.30. The normalized spacial score (nSPS) is 25.8. The second-order valence-corrected chi connectivity index (χ2v) is 7.14. The van der Waals surface area contributed by atoms with E-state index < -0.39 is 0 Å². The third-order valence-corrected chi connectivity index (χ3v) is 4.93. The van der Waals surface area contributed by atoms with E-state index in [4.69, 9.17) is 5.73 Å². The Bertz CT molecular complexity index is 509. The van der Waals surface area contributed by atoms with E-state index in [-0.39, 0.29) is 0 Å². The molecular formula is C17H27N3. The van der Waals surface area contributed by atoms with E-state index in [1.165, 1.54) is 36.9 Å². The zero-order chi connectivity index (χ0) is 14.3. The smallest absolute Gasteiger partial charge is 0.0320 e. The molecule has 1 aliphatic carbocycles. The summed E-state index contributed by atoms with van der Waals surface area (Å²) in [5, 5.41) is 0. The molecule has 0 radical (unpaired) electrons. The molecule has 2 aliphatic rings. The Balaban J connectivity index is 1.93. The van der Waals surface area contributed by atoms with Crippen molar-refractivity contribution in [3.63, 3.8) is 0 Å². The predicted molar refractivity (Wildman–Crippen MR) is 85.0 cm³/mol. The van der Waals surface area contributed by atoms with Gasteiger partial charge in [-0.2, -0.15) is 0 Å². The van der Waals surface area contributed by atoms with Crippen LogP contribution in [0.5, 0.6) is 0 Å². The lowest BCUT2D eigenvalue weighted by Crippen LogP contribution is -2.47. The standard InChI is InChI=1S/C17H27N3/c1-17-6-4-5-13-9-15(18)10-14(16(13)17)11-20(12-17)8-7-19(2)3/h9-10H,4-8,11-12,18H2,1-3H3. The van der Waals surface area contributed by atoms with Crippen LogP contribution in [-0.4, -0.2) is 43.5 Å². The van der Waals surface area contributed by atoms with E-state index in [0.29, 0.717) is 5.41 Å². The second-order valence-electron chi connectivity index (χ2n) is 7.14. The summed E-state index contributed by atoms with van der Waals surface area (Å²) in [6, 6.07) is 4.43. The number of benzene rings is 1. The van der Waals surface area contributed by atoms with Gasteiger partial charge in [-0.25, -0.2) is 0 Å². The molecule has 3 heteroatoms. The van der Waals surface area contributed by atoms with E-state index in [1.807, 2.05) is 0 Å². The van der Waals surface area contributed by atoms with Crippen LogP contribution in [0.2, 0.25) is 0 Å². The molecule has 0 bridgehead atoms. The zero-order valence-corrected chi connectivity index (χ0v) is 13.1. The summed E-state index contributed by atoms with van der Waals surface area (Å²) in [5.74, 6) is 0. The van der Waals surface area contributed by atoms with E-state index in [2.05, 4.69) is 43.0 Å². The molecule has 110 valence electrons. The minimum Gasteiger partial charge on any atom is -0.399 e. The number of anilines is 1. The van der Waals surface area contributed by atoms with Crippen LogP contribution >= 0.6 is 0 Å². The van der Waals surface area contributed by atoms with E-state index in [0.717, 1.165) is 25.3 Å². The topological polar surface area (TPSA) is 32.5 Å². The molecule has 1 aliphatic heterocycles. The van der Waals surface area contributed by atoms with E-state index in [9.17, 15) is 0 Å². The fraction of sp³-hybridized carbons (Fsp3) is 0.647. The van der Waals surface area contributed by atoms with Crippen molar-refractivity contribution in [1.82, 2.24) is 9.80 Å². The average Bonchev–Trinajstić information content (AvgIpc) is 2.35. The quantitative estimate of drug-likeness (QED) is 0.857. The summed E-state index contributed by atoms with van der Waals surface area (Å²) < 4.78 is 0. The third kappa shape index (κ3) is 2.45. The average molecular weight is 273 g/mol. The molecule has 3 rings (SSSR count). The van der Waals surface area contributed by atoms with Crippen LogP contribution < -0.4 is 5.73 Å². The molecular weight excluding hydrogens is 246 g/mol. The Morgan fingerprint density at radius 2 is 2.05 bits per heavy atom. The highest BCUT2D eigenvalue weighted by atomic mass is 15.2. The first-order valence-corrected chi connectivity index (χ1v) is 7.77. The predicted octanol–water partition coefficient (Wildman–Crippen LogP) is 2.24. The Labute approximate surface area is 122 Å². The van der Waals surface area contributed by atoms with Gasteiger partial charge in [0, 0.05) is 37.3 Å². The van der Waals surface area contributed by atoms with Gasteiger partial charge in [-0.3, -0.25) is 4.90 Å². The molecule has 2 N–H and O–H groups in total. The molecule has 0 amide bonds. The fourth-order valence-electron chi connectivity index (χ4n) is 4.13. The van der Waals surface area contributed by atoms with Crippen LogP contribution in [0.25, 0.3) is 0 Å². The molecule has 1 heterocycles. The Morgan fingerprint density at radius 1 is 1.30 bits per heavy atom. The second kappa shape index (κ2) is 5.05. The monoisotopic (exact) mass is 273 g/mol. The number of likely N-dealkylation sites (N-methyl/N-ethyl adjacent to an activating group) is 1. The Hall–Kier alpha value is -1.06. The molecule has 1 aromatic rings. The minimum atomic E-state index is 0.335. The van der Waals surface area contributed by atoms with Crippen LogP contribution in [0.3, 0.4) is 0 Å². The van der Waals surface area contributed by atoms with Crippen molar-refractivity contribution in [2.24, 2.45) is 0 Å². The lowest BCUT2D eigenvalue weighted by atomic mass is 9.67. The Morgan fingerprint density at radius 3 is 2.80 bits per heavy atom. The van der Waals surface area contributed by atoms with Crippen molar-refractivity contribution in [2.45, 2.75) is 38.1 Å². The Kier molecular flexibility index (Phi) is 3.51. The first-order chi connectivity index (χ1) is 9.48. The maximum atomic E-state index is 6.11. The summed E-state index contributed by atoms with van der Waals surface area (Å²) in [6.07, 6.45) is 3.82. The maximum Gasteiger partial charge on any atom is 0.0320 e. The zero-order valence-electron chi connectivity index (χ0n) is 13.1. The number of rotatable bonds is 3. The van der Waals surface area contributed by atoms with Gasteiger partial charge in [-0.1, -0.05) is 6.92 Å². The SMILES string of the molecule is CN(C)CCN1Cc2cc(N)cc3c2C(C)(CCC3)C1. The highest BCUT2D eigenvalue weighted by molar-refractivity contribution is 5.54. The number of aryl methyl sites for hydroxylation is 1. The number of hydrogen-bond acceptors (Lipinski definition) is 3. The first-order valence-electron chi connectivity index (χ1n) is 7.77. The molecule has 3 nitrogen and oxygen atoms in total. The number of nitrogen functional groups attached to an aromatic ring is 1. The van der Waals surface area contributed by atoms with Gasteiger partial charge in [-0.15, -0.1) is 0 Å². The van der Waals surface area contributed by atoms with Crippen LogP contribution in [0.15, 0.2) is 12.1 Å². The van der Waals surface area contributed by atoms with Gasteiger partial charge in [-0.05, 0) is 62.2 Å². The number of nitrogens with zero attached hydrogens (tertiary/aromatic N) is 2. The minimum absolute atomic E-state index is 0.335. The van der Waals surface area contributed by atoms with Gasteiger partial charge in [0.1, 0.15) is 0 Å². The van der Waals surface area contributed by atoms with Crippen LogP contribution in [0.4, 0.5) is 5.69 Å². The molecule has 20 heavy (non-hydrogen) atoms. The highest BCUT2D eigenvalue weighted by Gasteiger charge is 2.39. The van der Waals surface area contributed by atoms with Crippen LogP contribution in [0, 0.1) is 0 Å². The summed E-state index contributed by atoms with van der Waals surface area (Å²) in [4.78, 5) is 4.88. The lowest BCUT2D eigenvalue weighted by Gasteiger charge is -2.46. The van der Waals surface area contributed by atoms with Crippen molar-refractivity contribution in [3.05, 3.63) is 28.8 Å². The highest BCUT2D eigenvalue weighted by Crippen LogP contribution is 2.44. The lowest BCUT2D eigenvalue weighted by molar-refractivity contribution is 0.157. The molecule has 1 aromatic carbocycles. The fourth-order valence-corrected chi connectivity index (χ4v) is 4.13. The van der Waals surface area contributed by atoms with Crippen molar-refractivity contribution in [3.8, 4) is 0 Å². The molecule has 1 atom stereocenters. The van der Waals surface area contributed by atoms with Gasteiger partial charge >= 0.3 is 0 Å². The van der Waals surface area contributed by atoms with E-state index >= 15 is 0 Å². The first kappa shape index (κ1) is 13.9. The summed E-state index contributed by atoms with van der Waals surface area (Å²) in [5.41, 5.74) is 12.0. The number of nitrogens with two attached hydrogens (primary N) is 1. The largest absolute Gasteiger partial charge is 0.399 e. The molecule has 0 saturated heterocycles. The molecule has 0 spiro atoms. The van der Waals surface area contributed by atoms with Crippen molar-refractivity contribution < 1.29 is 0 Å². The summed E-state index contributed by atoms with van der Waals surface area (Å²) in [6.45, 7) is 6.99. The van der Waals surface area contributed by atoms with Crippen LogP contribution in [0.1, 0.15) is 36.5 Å². The molecule has 0 aromatic heterocycles. The van der Waals surface area contributed by atoms with Gasteiger partial charge < -0.3 is 10.6 Å². The van der Waals surface area contributed by atoms with Crippen molar-refractivity contribution in [2.75, 3.05) is 39.5 Å². The molecule has 1 unspecified atom stereocenters. The van der Waals surface area contributed by atoms with Gasteiger partial charge in [0.15, 0.2) is 0 Å². The summed E-state index contributed by atoms with van der Waals surface area (Å²) >= 11 is 0. The molecule has 0 fully saturated rings. The van der Waals surface area contributed by atoms with Gasteiger partial charge in [0.05, 0.1) is 0 Å². The van der Waals surface area contributed by atoms with E-state index in [1.54, 1.807) is 5.56 Å². The number of hydrogen-bond donors (Lipinski definition) is 1. The third-order valence-electron chi connectivity index (χ3n) is 4.93. The van der Waals surface area contributed by atoms with Crippen molar-refractivity contribution >= 4 is 5.69 Å².